The highest BCUT2D eigenvalue weighted by molar-refractivity contribution is 5.95. The Kier molecular flexibility index (Phi) is 5.47. The molecule has 1 aromatic carbocycles. The van der Waals surface area contributed by atoms with Crippen LogP contribution >= 0.6 is 0 Å². The number of benzene rings is 1. The van der Waals surface area contributed by atoms with E-state index in [2.05, 4.69) is 41.2 Å². The molecule has 26 heavy (non-hydrogen) atoms. The first-order valence-corrected chi connectivity index (χ1v) is 9.51. The van der Waals surface area contributed by atoms with Crippen LogP contribution < -0.4 is 5.32 Å². The van der Waals surface area contributed by atoms with Crippen molar-refractivity contribution in [1.82, 2.24) is 20.4 Å². The zero-order chi connectivity index (χ0) is 18.7. The fraction of sp³-hybridized carbons (Fsp3) is 0.524. The summed E-state index contributed by atoms with van der Waals surface area (Å²) in [6.07, 6.45) is 2.55. The van der Waals surface area contributed by atoms with Crippen LogP contribution in [-0.4, -0.2) is 46.2 Å². The second-order valence-corrected chi connectivity index (χ2v) is 8.26. The third-order valence-electron chi connectivity index (χ3n) is 5.10. The Labute approximate surface area is 156 Å². The average Bonchev–Trinajstić information content (AvgIpc) is 2.96. The van der Waals surface area contributed by atoms with Crippen molar-refractivity contribution in [1.29, 1.82) is 0 Å². The van der Waals surface area contributed by atoms with E-state index in [0.717, 1.165) is 42.4 Å². The fourth-order valence-electron chi connectivity index (χ4n) is 3.89. The summed E-state index contributed by atoms with van der Waals surface area (Å²) in [5, 5.41) is 10.5. The van der Waals surface area contributed by atoms with Crippen LogP contribution in [0.4, 0.5) is 0 Å². The van der Waals surface area contributed by atoms with E-state index < -0.39 is 0 Å². The molecule has 5 heteroatoms. The van der Waals surface area contributed by atoms with Gasteiger partial charge in [0.15, 0.2) is 0 Å². The van der Waals surface area contributed by atoms with Crippen molar-refractivity contribution in [3.05, 3.63) is 41.6 Å². The Morgan fingerprint density at radius 1 is 1.35 bits per heavy atom. The van der Waals surface area contributed by atoms with Crippen molar-refractivity contribution in [3.63, 3.8) is 0 Å². The zero-order valence-electron chi connectivity index (χ0n) is 16.3. The minimum Gasteiger partial charge on any atom is -0.345 e. The van der Waals surface area contributed by atoms with Crippen molar-refractivity contribution in [2.75, 3.05) is 19.6 Å². The molecule has 1 aliphatic heterocycles. The van der Waals surface area contributed by atoms with Gasteiger partial charge in [-0.15, -0.1) is 0 Å². The minimum atomic E-state index is -0.293. The maximum Gasteiger partial charge on any atom is 0.270 e. The Morgan fingerprint density at radius 3 is 2.77 bits per heavy atom. The molecule has 2 aromatic rings. The molecule has 0 aliphatic carbocycles. The second-order valence-electron chi connectivity index (χ2n) is 8.26. The summed E-state index contributed by atoms with van der Waals surface area (Å²) in [7, 11) is 0. The van der Waals surface area contributed by atoms with E-state index in [4.69, 9.17) is 0 Å². The summed E-state index contributed by atoms with van der Waals surface area (Å²) in [6, 6.07) is 9.94. The topological polar surface area (TPSA) is 61.0 Å². The number of piperidine rings is 1. The molecule has 2 heterocycles. The number of nitrogens with one attached hydrogen (secondary N) is 2. The lowest BCUT2D eigenvalue weighted by Crippen LogP contribution is -2.53. The van der Waals surface area contributed by atoms with Crippen LogP contribution in [0.3, 0.4) is 0 Å². The Balaban J connectivity index is 1.68. The van der Waals surface area contributed by atoms with Crippen LogP contribution in [0.1, 0.15) is 49.7 Å². The number of aromatic amines is 1. The number of amides is 1. The van der Waals surface area contributed by atoms with Crippen LogP contribution in [0, 0.1) is 12.8 Å². The monoisotopic (exact) mass is 354 g/mol. The predicted molar refractivity (Wildman–Crippen MR) is 105 cm³/mol. The highest BCUT2D eigenvalue weighted by Crippen LogP contribution is 2.23. The maximum absolute atomic E-state index is 12.8. The minimum absolute atomic E-state index is 0.0905. The van der Waals surface area contributed by atoms with Gasteiger partial charge in [0.25, 0.3) is 5.91 Å². The van der Waals surface area contributed by atoms with Crippen LogP contribution in [0.2, 0.25) is 0 Å². The van der Waals surface area contributed by atoms with Gasteiger partial charge in [0.2, 0.25) is 0 Å². The molecule has 1 aliphatic rings. The van der Waals surface area contributed by atoms with E-state index in [9.17, 15) is 4.79 Å². The molecule has 1 saturated heterocycles. The first kappa shape index (κ1) is 18.6. The lowest BCUT2D eigenvalue weighted by Gasteiger charge is -2.37. The molecular formula is C21H30N4O. The summed E-state index contributed by atoms with van der Waals surface area (Å²) in [4.78, 5) is 15.3. The normalized spacial score (nSPS) is 18.7. The van der Waals surface area contributed by atoms with Gasteiger partial charge < -0.3 is 10.2 Å². The largest absolute Gasteiger partial charge is 0.345 e. The van der Waals surface area contributed by atoms with E-state index in [1.807, 2.05) is 37.3 Å². The summed E-state index contributed by atoms with van der Waals surface area (Å²) >= 11 is 0. The van der Waals surface area contributed by atoms with Gasteiger partial charge in [0.05, 0.1) is 5.69 Å². The van der Waals surface area contributed by atoms with Gasteiger partial charge in [0, 0.05) is 29.8 Å². The molecule has 3 rings (SSSR count). The molecule has 0 saturated carbocycles. The van der Waals surface area contributed by atoms with Crippen molar-refractivity contribution < 1.29 is 4.79 Å². The van der Waals surface area contributed by atoms with Gasteiger partial charge in [-0.1, -0.05) is 37.3 Å². The fourth-order valence-corrected chi connectivity index (χ4v) is 3.89. The zero-order valence-corrected chi connectivity index (χ0v) is 16.3. The molecular weight excluding hydrogens is 324 g/mol. The molecule has 1 fully saturated rings. The third kappa shape index (κ3) is 4.33. The molecule has 1 atom stereocenters. The molecule has 2 N–H and O–H groups in total. The highest BCUT2D eigenvalue weighted by atomic mass is 16.2. The SMILES string of the molecule is Cc1c(-c2ccccc2)n[nH]c1C(=O)NC(C)(C)CN1CCCC(C)C1. The van der Waals surface area contributed by atoms with Crippen molar-refractivity contribution in [2.24, 2.45) is 5.92 Å². The van der Waals surface area contributed by atoms with Gasteiger partial charge >= 0.3 is 0 Å². The summed E-state index contributed by atoms with van der Waals surface area (Å²) in [5.74, 6) is 0.644. The molecule has 140 valence electrons. The number of hydrogen-bond acceptors (Lipinski definition) is 3. The Hall–Kier alpha value is -2.14. The second kappa shape index (κ2) is 7.62. The van der Waals surface area contributed by atoms with Crippen molar-refractivity contribution in [3.8, 4) is 11.3 Å². The number of carbonyl (C=O) groups is 1. The molecule has 0 bridgehead atoms. The molecule has 0 spiro atoms. The summed E-state index contributed by atoms with van der Waals surface area (Å²) in [5.41, 5.74) is 2.99. The van der Waals surface area contributed by atoms with Gasteiger partial charge in [0.1, 0.15) is 5.69 Å². The number of hydrogen-bond donors (Lipinski definition) is 2. The number of carbonyl (C=O) groups excluding carboxylic acids is 1. The first-order chi connectivity index (χ1) is 12.4. The average molecular weight is 354 g/mol. The Bertz CT molecular complexity index is 751. The van der Waals surface area contributed by atoms with E-state index in [0.29, 0.717) is 5.69 Å². The van der Waals surface area contributed by atoms with Gasteiger partial charge in [-0.2, -0.15) is 5.10 Å². The van der Waals surface area contributed by atoms with E-state index in [1.54, 1.807) is 0 Å². The molecule has 1 amide bonds. The third-order valence-corrected chi connectivity index (χ3v) is 5.10. The van der Waals surface area contributed by atoms with Crippen LogP contribution in [0.5, 0.6) is 0 Å². The van der Waals surface area contributed by atoms with Crippen molar-refractivity contribution >= 4 is 5.91 Å². The van der Waals surface area contributed by atoms with Crippen LogP contribution in [0.15, 0.2) is 30.3 Å². The van der Waals surface area contributed by atoms with Gasteiger partial charge in [-0.25, -0.2) is 0 Å². The standard InChI is InChI=1S/C21H30N4O/c1-15-9-8-12-25(13-15)14-21(3,4)22-20(26)19-16(2)18(23-24-19)17-10-6-5-7-11-17/h5-7,10-11,15H,8-9,12-14H2,1-4H3,(H,22,26)(H,23,24). The van der Waals surface area contributed by atoms with Gasteiger partial charge in [-0.05, 0) is 46.1 Å². The quantitative estimate of drug-likeness (QED) is 0.862. The lowest BCUT2D eigenvalue weighted by molar-refractivity contribution is 0.0857. The highest BCUT2D eigenvalue weighted by Gasteiger charge is 2.28. The van der Waals surface area contributed by atoms with Crippen molar-refractivity contribution in [2.45, 2.75) is 46.1 Å². The van der Waals surface area contributed by atoms with E-state index in [-0.39, 0.29) is 11.4 Å². The van der Waals surface area contributed by atoms with E-state index >= 15 is 0 Å². The first-order valence-electron chi connectivity index (χ1n) is 9.51. The molecule has 1 unspecified atom stereocenters. The molecule has 1 aromatic heterocycles. The number of likely N-dealkylation sites (tertiary alicyclic amines) is 1. The number of rotatable bonds is 5. The number of H-pyrrole nitrogens is 1. The number of nitrogens with zero attached hydrogens (tertiary/aromatic N) is 2. The molecule has 0 radical (unpaired) electrons. The predicted octanol–water partition coefficient (Wildman–Crippen LogP) is 3.63. The van der Waals surface area contributed by atoms with Crippen LogP contribution in [0.25, 0.3) is 11.3 Å². The lowest BCUT2D eigenvalue weighted by atomic mass is 9.97. The van der Waals surface area contributed by atoms with Crippen LogP contribution in [-0.2, 0) is 0 Å². The maximum atomic E-state index is 12.8. The smallest absolute Gasteiger partial charge is 0.270 e. The van der Waals surface area contributed by atoms with E-state index in [1.165, 1.54) is 12.8 Å². The number of aromatic nitrogens is 2. The summed E-state index contributed by atoms with van der Waals surface area (Å²) < 4.78 is 0. The van der Waals surface area contributed by atoms with Gasteiger partial charge in [-0.3, -0.25) is 9.89 Å². The Morgan fingerprint density at radius 2 is 2.08 bits per heavy atom. The molecule has 5 nitrogen and oxygen atoms in total. The summed E-state index contributed by atoms with van der Waals surface area (Å²) in [6.45, 7) is 11.5.